The highest BCUT2D eigenvalue weighted by Gasteiger charge is 2.10. The molecule has 0 saturated carbocycles. The summed E-state index contributed by atoms with van der Waals surface area (Å²) in [7, 11) is 0. The molecular weight excluding hydrogens is 336 g/mol. The van der Waals surface area contributed by atoms with Crippen LogP contribution in [0, 0.1) is 4.77 Å². The number of H-pyrrole nitrogens is 1. The summed E-state index contributed by atoms with van der Waals surface area (Å²) in [5, 5.41) is 7.11. The van der Waals surface area contributed by atoms with Crippen molar-refractivity contribution >= 4 is 28.1 Å². The first-order valence-electron chi connectivity index (χ1n) is 6.05. The Morgan fingerprint density at radius 2 is 2.10 bits per heavy atom. The number of nitrogens with one attached hydrogen (secondary N) is 1. The van der Waals surface area contributed by atoms with E-state index in [0.29, 0.717) is 11.3 Å². The Labute approximate surface area is 129 Å². The lowest BCUT2D eigenvalue weighted by atomic mass is 10.2. The monoisotopic (exact) mass is 346 g/mol. The van der Waals surface area contributed by atoms with Gasteiger partial charge in [-0.15, -0.1) is 0 Å². The van der Waals surface area contributed by atoms with Crippen LogP contribution < -0.4 is 0 Å². The average Bonchev–Trinajstić information content (AvgIpc) is 2.81. The Balaban J connectivity index is 2.02. The van der Waals surface area contributed by atoms with Gasteiger partial charge in [-0.05, 0) is 42.0 Å². The van der Waals surface area contributed by atoms with Crippen LogP contribution in [0.25, 0.3) is 11.5 Å². The molecule has 0 aliphatic carbocycles. The lowest BCUT2D eigenvalue weighted by Gasteiger charge is -2.07. The second-order valence-electron chi connectivity index (χ2n) is 4.28. The standard InChI is InChI=1S/C14H11BrN4S/c15-11-5-3-4-10(8-11)9-19-13(17-18-14(19)20)12-6-1-2-7-16-12/h1-8H,9H2,(H,18,20). The third kappa shape index (κ3) is 2.71. The molecule has 0 unspecified atom stereocenters. The van der Waals surface area contributed by atoms with Gasteiger partial charge in [0.25, 0.3) is 0 Å². The number of nitrogens with zero attached hydrogens (tertiary/aromatic N) is 3. The minimum Gasteiger partial charge on any atom is -0.294 e. The summed E-state index contributed by atoms with van der Waals surface area (Å²) in [4.78, 5) is 4.32. The highest BCUT2D eigenvalue weighted by Crippen LogP contribution is 2.17. The van der Waals surface area contributed by atoms with Crippen molar-refractivity contribution in [2.45, 2.75) is 6.54 Å². The highest BCUT2D eigenvalue weighted by atomic mass is 79.9. The first kappa shape index (κ1) is 13.2. The normalized spacial score (nSPS) is 10.7. The largest absolute Gasteiger partial charge is 0.294 e. The highest BCUT2D eigenvalue weighted by molar-refractivity contribution is 9.10. The van der Waals surface area contributed by atoms with Crippen molar-refractivity contribution < 1.29 is 0 Å². The van der Waals surface area contributed by atoms with Crippen LogP contribution in [0.2, 0.25) is 0 Å². The van der Waals surface area contributed by atoms with E-state index in [4.69, 9.17) is 12.2 Å². The summed E-state index contributed by atoms with van der Waals surface area (Å²) in [6.45, 7) is 0.653. The van der Waals surface area contributed by atoms with E-state index in [9.17, 15) is 0 Å². The molecule has 0 aliphatic rings. The zero-order chi connectivity index (χ0) is 13.9. The lowest BCUT2D eigenvalue weighted by molar-refractivity contribution is 0.787. The van der Waals surface area contributed by atoms with Gasteiger partial charge in [0.1, 0.15) is 5.69 Å². The van der Waals surface area contributed by atoms with Gasteiger partial charge in [0.05, 0.1) is 6.54 Å². The summed E-state index contributed by atoms with van der Waals surface area (Å²) in [6.07, 6.45) is 1.75. The van der Waals surface area contributed by atoms with Gasteiger partial charge in [-0.1, -0.05) is 34.1 Å². The molecule has 0 saturated heterocycles. The number of hydrogen-bond donors (Lipinski definition) is 1. The fourth-order valence-corrected chi connectivity index (χ4v) is 2.62. The van der Waals surface area contributed by atoms with Crippen molar-refractivity contribution in [1.29, 1.82) is 0 Å². The quantitative estimate of drug-likeness (QED) is 0.733. The van der Waals surface area contributed by atoms with Crippen LogP contribution in [0.4, 0.5) is 0 Å². The molecule has 2 aromatic heterocycles. The number of benzene rings is 1. The fraction of sp³-hybridized carbons (Fsp3) is 0.0714. The maximum Gasteiger partial charge on any atom is 0.195 e. The summed E-state index contributed by atoms with van der Waals surface area (Å²) in [5.41, 5.74) is 1.95. The molecule has 0 spiro atoms. The van der Waals surface area contributed by atoms with E-state index in [1.54, 1.807) is 6.20 Å². The van der Waals surface area contributed by atoms with Crippen molar-refractivity contribution in [3.63, 3.8) is 0 Å². The minimum atomic E-state index is 0.589. The van der Waals surface area contributed by atoms with Crippen molar-refractivity contribution in [2.24, 2.45) is 0 Å². The molecule has 100 valence electrons. The number of aromatic nitrogens is 4. The second-order valence-corrected chi connectivity index (χ2v) is 5.59. The minimum absolute atomic E-state index is 0.589. The van der Waals surface area contributed by atoms with E-state index in [0.717, 1.165) is 21.6 Å². The molecule has 3 aromatic rings. The number of aromatic amines is 1. The van der Waals surface area contributed by atoms with E-state index in [1.165, 1.54) is 0 Å². The summed E-state index contributed by atoms with van der Waals surface area (Å²) in [6, 6.07) is 13.9. The lowest BCUT2D eigenvalue weighted by Crippen LogP contribution is -2.03. The van der Waals surface area contributed by atoms with Gasteiger partial charge in [0.15, 0.2) is 10.6 Å². The summed E-state index contributed by atoms with van der Waals surface area (Å²) in [5.74, 6) is 0.746. The topological polar surface area (TPSA) is 46.5 Å². The molecule has 1 aromatic carbocycles. The molecular formula is C14H11BrN4S. The van der Waals surface area contributed by atoms with Crippen LogP contribution in [-0.4, -0.2) is 19.7 Å². The van der Waals surface area contributed by atoms with Crippen molar-refractivity contribution in [3.05, 3.63) is 63.5 Å². The summed E-state index contributed by atoms with van der Waals surface area (Å²) >= 11 is 8.79. The SMILES string of the molecule is S=c1[nH]nc(-c2ccccn2)n1Cc1cccc(Br)c1. The molecule has 3 rings (SSSR count). The predicted octanol–water partition coefficient (Wildman–Crippen LogP) is 3.81. The van der Waals surface area contributed by atoms with Gasteiger partial charge < -0.3 is 0 Å². The third-order valence-electron chi connectivity index (χ3n) is 2.88. The molecule has 0 radical (unpaired) electrons. The Morgan fingerprint density at radius 1 is 1.20 bits per heavy atom. The second kappa shape index (κ2) is 5.68. The molecule has 4 nitrogen and oxygen atoms in total. The Hall–Kier alpha value is -1.79. The molecule has 6 heteroatoms. The maximum atomic E-state index is 5.31. The van der Waals surface area contributed by atoms with Gasteiger partial charge in [-0.2, -0.15) is 5.10 Å². The van der Waals surface area contributed by atoms with E-state index in [2.05, 4.69) is 43.2 Å². The smallest absolute Gasteiger partial charge is 0.195 e. The molecule has 1 N–H and O–H groups in total. The van der Waals surface area contributed by atoms with Crippen LogP contribution >= 0.6 is 28.1 Å². The average molecular weight is 347 g/mol. The fourth-order valence-electron chi connectivity index (χ4n) is 1.97. The zero-order valence-electron chi connectivity index (χ0n) is 10.5. The van der Waals surface area contributed by atoms with Gasteiger partial charge in [0.2, 0.25) is 0 Å². The third-order valence-corrected chi connectivity index (χ3v) is 3.69. The van der Waals surface area contributed by atoms with Crippen molar-refractivity contribution in [3.8, 4) is 11.5 Å². The van der Waals surface area contributed by atoms with Crippen molar-refractivity contribution in [1.82, 2.24) is 19.7 Å². The number of pyridine rings is 1. The van der Waals surface area contributed by atoms with E-state index in [1.807, 2.05) is 34.9 Å². The predicted molar refractivity (Wildman–Crippen MR) is 83.9 cm³/mol. The van der Waals surface area contributed by atoms with Crippen LogP contribution in [0.5, 0.6) is 0 Å². The van der Waals surface area contributed by atoms with E-state index in [-0.39, 0.29) is 0 Å². The molecule has 0 amide bonds. The van der Waals surface area contributed by atoms with Crippen molar-refractivity contribution in [2.75, 3.05) is 0 Å². The van der Waals surface area contributed by atoms with E-state index < -0.39 is 0 Å². The first-order chi connectivity index (χ1) is 9.74. The molecule has 0 atom stereocenters. The van der Waals surface area contributed by atoms with Crippen LogP contribution in [0.15, 0.2) is 53.1 Å². The number of hydrogen-bond acceptors (Lipinski definition) is 3. The number of rotatable bonds is 3. The van der Waals surface area contributed by atoms with Crippen LogP contribution in [-0.2, 0) is 6.54 Å². The van der Waals surface area contributed by atoms with Gasteiger partial charge >= 0.3 is 0 Å². The Morgan fingerprint density at radius 3 is 2.85 bits per heavy atom. The maximum absolute atomic E-state index is 5.31. The number of halogens is 1. The molecule has 0 fully saturated rings. The Kier molecular flexibility index (Phi) is 3.75. The molecule has 0 aliphatic heterocycles. The van der Waals surface area contributed by atoms with Gasteiger partial charge in [0, 0.05) is 10.7 Å². The first-order valence-corrected chi connectivity index (χ1v) is 7.25. The van der Waals surface area contributed by atoms with Crippen LogP contribution in [0.1, 0.15) is 5.56 Å². The Bertz CT molecular complexity index is 779. The summed E-state index contributed by atoms with van der Waals surface area (Å²) < 4.78 is 3.58. The molecule has 20 heavy (non-hydrogen) atoms. The van der Waals surface area contributed by atoms with Crippen LogP contribution in [0.3, 0.4) is 0 Å². The van der Waals surface area contributed by atoms with E-state index >= 15 is 0 Å². The molecule has 0 bridgehead atoms. The van der Waals surface area contributed by atoms with Gasteiger partial charge in [-0.3, -0.25) is 14.6 Å². The van der Waals surface area contributed by atoms with Gasteiger partial charge in [-0.25, -0.2) is 0 Å². The zero-order valence-corrected chi connectivity index (χ0v) is 12.9. The molecule has 2 heterocycles.